The maximum absolute atomic E-state index is 9.22. The van der Waals surface area contributed by atoms with E-state index in [9.17, 15) is 5.11 Å². The fourth-order valence-corrected chi connectivity index (χ4v) is 1.71. The van der Waals surface area contributed by atoms with Crippen molar-refractivity contribution in [1.82, 2.24) is 15.1 Å². The molecular weight excluding hydrogens is 230 g/mol. The Bertz CT molecular complexity index is 508. The van der Waals surface area contributed by atoms with Gasteiger partial charge in [0.25, 0.3) is 0 Å². The normalized spacial score (nSPS) is 12.6. The maximum atomic E-state index is 9.22. The zero-order chi connectivity index (χ0) is 13.0. The van der Waals surface area contributed by atoms with Crippen LogP contribution in [0.2, 0.25) is 0 Å². The number of rotatable bonds is 5. The highest BCUT2D eigenvalue weighted by atomic mass is 16.5. The van der Waals surface area contributed by atoms with Crippen molar-refractivity contribution in [2.24, 2.45) is 0 Å². The number of hydrogen-bond acceptors (Lipinski definition) is 5. The van der Waals surface area contributed by atoms with Crippen LogP contribution in [0.3, 0.4) is 0 Å². The van der Waals surface area contributed by atoms with E-state index in [0.29, 0.717) is 24.6 Å². The second-order valence-corrected chi connectivity index (χ2v) is 4.26. The number of aryl methyl sites for hydroxylation is 2. The lowest BCUT2D eigenvalue weighted by Gasteiger charge is -2.00. The third-order valence-corrected chi connectivity index (χ3v) is 2.73. The van der Waals surface area contributed by atoms with E-state index in [4.69, 9.17) is 4.52 Å². The van der Waals surface area contributed by atoms with E-state index >= 15 is 0 Å². The van der Waals surface area contributed by atoms with E-state index in [0.717, 1.165) is 17.7 Å². The molecule has 0 aliphatic rings. The second-order valence-electron chi connectivity index (χ2n) is 4.26. The van der Waals surface area contributed by atoms with Gasteiger partial charge in [0.1, 0.15) is 5.69 Å². The fraction of sp³-hybridized carbons (Fsp3) is 0.462. The number of aliphatic hydroxyl groups excluding tert-OH is 1. The van der Waals surface area contributed by atoms with Crippen molar-refractivity contribution in [3.05, 3.63) is 29.8 Å². The number of hydrogen-bond donors (Lipinski definition) is 1. The highest BCUT2D eigenvalue weighted by Crippen LogP contribution is 2.18. The average Bonchev–Trinajstić information content (AvgIpc) is 2.85. The summed E-state index contributed by atoms with van der Waals surface area (Å²) in [5.41, 5.74) is 1.87. The third kappa shape index (κ3) is 2.92. The van der Waals surface area contributed by atoms with Gasteiger partial charge >= 0.3 is 0 Å². The Balaban J connectivity index is 2.18. The van der Waals surface area contributed by atoms with Gasteiger partial charge in [-0.3, -0.25) is 4.98 Å². The number of pyridine rings is 1. The Labute approximate surface area is 106 Å². The molecule has 0 spiro atoms. The van der Waals surface area contributed by atoms with Crippen molar-refractivity contribution in [1.29, 1.82) is 0 Å². The standard InChI is InChI=1S/C13H17N3O2/c1-3-10-5-4-8-14-12(10)13-15-11(18-16-13)7-6-9(2)17/h4-5,8-9,17H,3,6-7H2,1-2H3. The van der Waals surface area contributed by atoms with Gasteiger partial charge in [-0.05, 0) is 31.4 Å². The quantitative estimate of drug-likeness (QED) is 0.875. The molecule has 1 N–H and O–H groups in total. The molecule has 2 heterocycles. The summed E-state index contributed by atoms with van der Waals surface area (Å²) in [6.45, 7) is 3.81. The molecule has 0 saturated heterocycles. The van der Waals surface area contributed by atoms with Gasteiger partial charge < -0.3 is 9.63 Å². The van der Waals surface area contributed by atoms with Crippen LogP contribution in [0.5, 0.6) is 0 Å². The molecule has 1 atom stereocenters. The fourth-order valence-electron chi connectivity index (χ4n) is 1.71. The molecule has 0 saturated carbocycles. The number of aromatic nitrogens is 3. The summed E-state index contributed by atoms with van der Waals surface area (Å²) in [5.74, 6) is 1.06. The maximum Gasteiger partial charge on any atom is 0.227 e. The van der Waals surface area contributed by atoms with E-state index in [1.807, 2.05) is 12.1 Å². The van der Waals surface area contributed by atoms with Crippen molar-refractivity contribution in [2.75, 3.05) is 0 Å². The lowest BCUT2D eigenvalue weighted by atomic mass is 10.1. The lowest BCUT2D eigenvalue weighted by molar-refractivity contribution is 0.180. The molecule has 5 nitrogen and oxygen atoms in total. The van der Waals surface area contributed by atoms with Crippen LogP contribution in [0.25, 0.3) is 11.5 Å². The average molecular weight is 247 g/mol. The highest BCUT2D eigenvalue weighted by molar-refractivity contribution is 5.53. The minimum absolute atomic E-state index is 0.360. The summed E-state index contributed by atoms with van der Waals surface area (Å²) in [6, 6.07) is 3.91. The van der Waals surface area contributed by atoms with Gasteiger partial charge in [-0.25, -0.2) is 0 Å². The Morgan fingerprint density at radius 1 is 1.44 bits per heavy atom. The molecule has 0 aliphatic heterocycles. The molecule has 0 aliphatic carbocycles. The zero-order valence-electron chi connectivity index (χ0n) is 10.6. The van der Waals surface area contributed by atoms with Crippen LogP contribution in [-0.2, 0) is 12.8 Å². The van der Waals surface area contributed by atoms with E-state index in [2.05, 4.69) is 22.0 Å². The minimum Gasteiger partial charge on any atom is -0.393 e. The van der Waals surface area contributed by atoms with Gasteiger partial charge in [0.05, 0.1) is 6.10 Å². The van der Waals surface area contributed by atoms with Gasteiger partial charge in [-0.1, -0.05) is 18.1 Å². The molecule has 2 aromatic rings. The van der Waals surface area contributed by atoms with E-state index in [-0.39, 0.29) is 6.10 Å². The van der Waals surface area contributed by atoms with Crippen molar-refractivity contribution in [2.45, 2.75) is 39.2 Å². The SMILES string of the molecule is CCc1cccnc1-c1noc(CCC(C)O)n1. The highest BCUT2D eigenvalue weighted by Gasteiger charge is 2.13. The Morgan fingerprint density at radius 2 is 2.28 bits per heavy atom. The molecule has 96 valence electrons. The molecule has 0 radical (unpaired) electrons. The van der Waals surface area contributed by atoms with E-state index in [1.54, 1.807) is 13.1 Å². The summed E-state index contributed by atoms with van der Waals surface area (Å²) in [7, 11) is 0. The largest absolute Gasteiger partial charge is 0.393 e. The summed E-state index contributed by atoms with van der Waals surface area (Å²) >= 11 is 0. The molecule has 1 unspecified atom stereocenters. The van der Waals surface area contributed by atoms with Crippen molar-refractivity contribution < 1.29 is 9.63 Å². The third-order valence-electron chi connectivity index (χ3n) is 2.73. The van der Waals surface area contributed by atoms with Crippen LogP contribution in [0.15, 0.2) is 22.9 Å². The van der Waals surface area contributed by atoms with Crippen molar-refractivity contribution in [3.63, 3.8) is 0 Å². The summed E-state index contributed by atoms with van der Waals surface area (Å²) < 4.78 is 5.16. The molecule has 0 fully saturated rings. The van der Waals surface area contributed by atoms with Gasteiger partial charge in [0, 0.05) is 12.6 Å². The predicted molar refractivity (Wildman–Crippen MR) is 66.9 cm³/mol. The first kappa shape index (κ1) is 12.7. The van der Waals surface area contributed by atoms with Crippen LogP contribution >= 0.6 is 0 Å². The molecule has 2 aromatic heterocycles. The van der Waals surface area contributed by atoms with Gasteiger partial charge in [0.2, 0.25) is 11.7 Å². The molecule has 0 amide bonds. The first-order valence-electron chi connectivity index (χ1n) is 6.15. The molecule has 2 rings (SSSR count). The number of aliphatic hydroxyl groups is 1. The van der Waals surface area contributed by atoms with Crippen LogP contribution in [-0.4, -0.2) is 26.3 Å². The molecule has 0 bridgehead atoms. The van der Waals surface area contributed by atoms with E-state index < -0.39 is 0 Å². The number of nitrogens with zero attached hydrogens (tertiary/aromatic N) is 3. The van der Waals surface area contributed by atoms with Gasteiger partial charge in [-0.15, -0.1) is 0 Å². The summed E-state index contributed by atoms with van der Waals surface area (Å²) in [5, 5.41) is 13.2. The predicted octanol–water partition coefficient (Wildman–Crippen LogP) is 2.01. The summed E-state index contributed by atoms with van der Waals surface area (Å²) in [6.07, 6.45) is 3.44. The molecule has 0 aromatic carbocycles. The van der Waals surface area contributed by atoms with Crippen molar-refractivity contribution >= 4 is 0 Å². The first-order chi connectivity index (χ1) is 8.70. The Hall–Kier alpha value is -1.75. The molecule has 18 heavy (non-hydrogen) atoms. The Morgan fingerprint density at radius 3 is 3.00 bits per heavy atom. The first-order valence-corrected chi connectivity index (χ1v) is 6.15. The molecular formula is C13H17N3O2. The van der Waals surface area contributed by atoms with Crippen molar-refractivity contribution in [3.8, 4) is 11.5 Å². The van der Waals surface area contributed by atoms with Gasteiger partial charge in [0.15, 0.2) is 0 Å². The topological polar surface area (TPSA) is 72.0 Å². The lowest BCUT2D eigenvalue weighted by Crippen LogP contribution is -2.01. The monoisotopic (exact) mass is 247 g/mol. The smallest absolute Gasteiger partial charge is 0.227 e. The van der Waals surface area contributed by atoms with Crippen LogP contribution in [0, 0.1) is 0 Å². The van der Waals surface area contributed by atoms with Crippen LogP contribution in [0.4, 0.5) is 0 Å². The Kier molecular flexibility index (Phi) is 4.04. The zero-order valence-corrected chi connectivity index (χ0v) is 10.6. The summed E-state index contributed by atoms with van der Waals surface area (Å²) in [4.78, 5) is 8.60. The van der Waals surface area contributed by atoms with Crippen LogP contribution in [0.1, 0.15) is 31.7 Å². The second kappa shape index (κ2) is 5.73. The minimum atomic E-state index is -0.360. The van der Waals surface area contributed by atoms with E-state index in [1.165, 1.54) is 0 Å². The van der Waals surface area contributed by atoms with Gasteiger partial charge in [-0.2, -0.15) is 4.98 Å². The van der Waals surface area contributed by atoms with Crippen LogP contribution < -0.4 is 0 Å². The molecule has 5 heteroatoms.